The number of aliphatic hydroxyl groups excluding tert-OH is 1. The first kappa shape index (κ1) is 12.2. The zero-order valence-electron chi connectivity index (χ0n) is 9.83. The Morgan fingerprint density at radius 2 is 2.41 bits per heavy atom. The van der Waals surface area contributed by atoms with Crippen LogP contribution in [0.2, 0.25) is 0 Å². The number of fused-ring (bicyclic) bond motifs is 1. The summed E-state index contributed by atoms with van der Waals surface area (Å²) < 4.78 is 1.53. The lowest BCUT2D eigenvalue weighted by Gasteiger charge is -2.17. The molecular formula is C11H15N3O2S. The number of hydrogen-bond acceptors (Lipinski definition) is 5. The average Bonchev–Trinajstić information content (AvgIpc) is 2.64. The summed E-state index contributed by atoms with van der Waals surface area (Å²) in [5, 5.41) is 11.1. The Labute approximate surface area is 103 Å². The van der Waals surface area contributed by atoms with Crippen LogP contribution in [0.15, 0.2) is 22.4 Å². The molecule has 1 N–H and O–H groups in total. The van der Waals surface area contributed by atoms with Crippen molar-refractivity contribution >= 4 is 16.3 Å². The lowest BCUT2D eigenvalue weighted by molar-refractivity contribution is 0.138. The molecule has 2 aromatic heterocycles. The van der Waals surface area contributed by atoms with Crippen molar-refractivity contribution in [2.24, 2.45) is 0 Å². The predicted molar refractivity (Wildman–Crippen MR) is 67.4 cm³/mol. The van der Waals surface area contributed by atoms with Gasteiger partial charge >= 0.3 is 0 Å². The van der Waals surface area contributed by atoms with Crippen LogP contribution in [0.1, 0.15) is 12.6 Å². The Bertz CT molecular complexity index is 561. The van der Waals surface area contributed by atoms with Gasteiger partial charge in [0.25, 0.3) is 5.56 Å². The molecule has 0 spiro atoms. The fourth-order valence-electron chi connectivity index (χ4n) is 1.76. The lowest BCUT2D eigenvalue weighted by Crippen LogP contribution is -2.28. The van der Waals surface area contributed by atoms with E-state index in [0.717, 1.165) is 5.69 Å². The first-order valence-corrected chi connectivity index (χ1v) is 6.26. The van der Waals surface area contributed by atoms with E-state index in [-0.39, 0.29) is 11.7 Å². The maximum absolute atomic E-state index is 11.7. The highest BCUT2D eigenvalue weighted by molar-refractivity contribution is 7.15. The normalized spacial score (nSPS) is 13.4. The summed E-state index contributed by atoms with van der Waals surface area (Å²) in [6.07, 6.45) is 1.34. The van der Waals surface area contributed by atoms with Gasteiger partial charge in [-0.2, -0.15) is 0 Å². The van der Waals surface area contributed by atoms with Crippen molar-refractivity contribution in [2.75, 3.05) is 13.6 Å². The van der Waals surface area contributed by atoms with Crippen LogP contribution in [0.25, 0.3) is 4.96 Å². The van der Waals surface area contributed by atoms with Crippen molar-refractivity contribution in [3.8, 4) is 0 Å². The number of thiazole rings is 1. The van der Waals surface area contributed by atoms with E-state index in [4.69, 9.17) is 0 Å². The molecular weight excluding hydrogens is 238 g/mol. The molecule has 0 amide bonds. The molecule has 2 heterocycles. The van der Waals surface area contributed by atoms with E-state index in [1.165, 1.54) is 21.8 Å². The summed E-state index contributed by atoms with van der Waals surface area (Å²) in [5.41, 5.74) is 0.678. The van der Waals surface area contributed by atoms with Crippen molar-refractivity contribution < 1.29 is 5.11 Å². The minimum atomic E-state index is -0.383. The third kappa shape index (κ3) is 2.91. The standard InChI is InChI=1S/C11H15N3O2S/c1-8(15)6-13(2)7-9-5-10(16)14-3-4-17-11(14)12-9/h3-5,8,15H,6-7H2,1-2H3. The van der Waals surface area contributed by atoms with Crippen molar-refractivity contribution in [3.63, 3.8) is 0 Å². The molecule has 5 nitrogen and oxygen atoms in total. The molecule has 92 valence electrons. The molecule has 0 fully saturated rings. The third-order valence-corrected chi connectivity index (χ3v) is 3.12. The highest BCUT2D eigenvalue weighted by atomic mass is 32.1. The molecule has 17 heavy (non-hydrogen) atoms. The van der Waals surface area contributed by atoms with E-state index >= 15 is 0 Å². The predicted octanol–water partition coefficient (Wildman–Crippen LogP) is 0.569. The van der Waals surface area contributed by atoms with E-state index in [0.29, 0.717) is 18.1 Å². The minimum Gasteiger partial charge on any atom is -0.392 e. The van der Waals surface area contributed by atoms with Gasteiger partial charge in [0.2, 0.25) is 0 Å². The van der Waals surface area contributed by atoms with Crippen LogP contribution in [0.3, 0.4) is 0 Å². The van der Waals surface area contributed by atoms with E-state index in [1.807, 2.05) is 17.3 Å². The fraction of sp³-hybridized carbons (Fsp3) is 0.455. The summed E-state index contributed by atoms with van der Waals surface area (Å²) in [7, 11) is 1.89. The Morgan fingerprint density at radius 3 is 3.12 bits per heavy atom. The molecule has 0 aliphatic carbocycles. The topological polar surface area (TPSA) is 57.8 Å². The summed E-state index contributed by atoms with van der Waals surface area (Å²) >= 11 is 1.44. The number of aromatic nitrogens is 2. The molecule has 2 rings (SSSR count). The first-order chi connectivity index (χ1) is 8.06. The van der Waals surface area contributed by atoms with Crippen molar-refractivity contribution in [1.82, 2.24) is 14.3 Å². The van der Waals surface area contributed by atoms with Crippen LogP contribution >= 0.6 is 11.3 Å². The number of nitrogens with zero attached hydrogens (tertiary/aromatic N) is 3. The quantitative estimate of drug-likeness (QED) is 0.865. The SMILES string of the molecule is CC(O)CN(C)Cc1cc(=O)n2ccsc2n1. The zero-order chi connectivity index (χ0) is 12.4. The molecule has 0 bridgehead atoms. The summed E-state index contributed by atoms with van der Waals surface area (Å²) in [5.74, 6) is 0. The van der Waals surface area contributed by atoms with E-state index in [9.17, 15) is 9.90 Å². The number of rotatable bonds is 4. The average molecular weight is 253 g/mol. The van der Waals surface area contributed by atoms with Crippen LogP contribution in [0.4, 0.5) is 0 Å². The smallest absolute Gasteiger partial charge is 0.258 e. The van der Waals surface area contributed by atoms with Crippen molar-refractivity contribution in [1.29, 1.82) is 0 Å². The molecule has 2 aromatic rings. The Kier molecular flexibility index (Phi) is 3.56. The maximum Gasteiger partial charge on any atom is 0.258 e. The summed E-state index contributed by atoms with van der Waals surface area (Å²) in [6.45, 7) is 2.86. The van der Waals surface area contributed by atoms with Crippen molar-refractivity contribution in [3.05, 3.63) is 33.7 Å². The second-order valence-electron chi connectivity index (χ2n) is 4.19. The monoisotopic (exact) mass is 253 g/mol. The molecule has 1 atom stereocenters. The highest BCUT2D eigenvalue weighted by Gasteiger charge is 2.07. The van der Waals surface area contributed by atoms with Gasteiger partial charge in [0, 0.05) is 30.7 Å². The van der Waals surface area contributed by atoms with Crippen LogP contribution in [-0.2, 0) is 6.54 Å². The fourth-order valence-corrected chi connectivity index (χ4v) is 2.50. The highest BCUT2D eigenvalue weighted by Crippen LogP contribution is 2.07. The number of aliphatic hydroxyl groups is 1. The molecule has 0 saturated carbocycles. The second kappa shape index (κ2) is 4.95. The Hall–Kier alpha value is -1.24. The van der Waals surface area contributed by atoms with Crippen LogP contribution in [0, 0.1) is 0 Å². The van der Waals surface area contributed by atoms with Gasteiger partial charge in [0.05, 0.1) is 11.8 Å². The lowest BCUT2D eigenvalue weighted by atomic mass is 10.3. The maximum atomic E-state index is 11.7. The van der Waals surface area contributed by atoms with Gasteiger partial charge in [0.1, 0.15) is 0 Å². The summed E-state index contributed by atoms with van der Waals surface area (Å²) in [6, 6.07) is 1.54. The Morgan fingerprint density at radius 1 is 1.65 bits per heavy atom. The molecule has 6 heteroatoms. The third-order valence-electron chi connectivity index (χ3n) is 2.36. The van der Waals surface area contributed by atoms with Crippen LogP contribution in [-0.4, -0.2) is 39.1 Å². The summed E-state index contributed by atoms with van der Waals surface area (Å²) in [4.78, 5) is 18.8. The molecule has 0 saturated heterocycles. The van der Waals surface area contributed by atoms with Gasteiger partial charge in [-0.3, -0.25) is 14.1 Å². The molecule has 1 unspecified atom stereocenters. The first-order valence-electron chi connectivity index (χ1n) is 5.38. The van der Waals surface area contributed by atoms with Gasteiger partial charge in [-0.25, -0.2) is 4.98 Å². The van der Waals surface area contributed by atoms with E-state index in [2.05, 4.69) is 4.98 Å². The van der Waals surface area contributed by atoms with Gasteiger partial charge in [-0.05, 0) is 14.0 Å². The van der Waals surface area contributed by atoms with Gasteiger partial charge in [-0.1, -0.05) is 0 Å². The molecule has 0 aliphatic rings. The largest absolute Gasteiger partial charge is 0.392 e. The molecule has 0 radical (unpaired) electrons. The molecule has 0 aromatic carbocycles. The van der Waals surface area contributed by atoms with Crippen molar-refractivity contribution in [2.45, 2.75) is 19.6 Å². The van der Waals surface area contributed by atoms with Gasteiger partial charge < -0.3 is 5.11 Å². The zero-order valence-corrected chi connectivity index (χ0v) is 10.6. The second-order valence-corrected chi connectivity index (χ2v) is 5.06. The minimum absolute atomic E-state index is 0.0586. The number of likely N-dealkylation sites (N-methyl/N-ethyl adjacent to an activating group) is 1. The van der Waals surface area contributed by atoms with Gasteiger partial charge in [0.15, 0.2) is 4.96 Å². The van der Waals surface area contributed by atoms with Crippen LogP contribution in [0.5, 0.6) is 0 Å². The van der Waals surface area contributed by atoms with E-state index < -0.39 is 0 Å². The number of hydrogen-bond donors (Lipinski definition) is 1. The van der Waals surface area contributed by atoms with Gasteiger partial charge in [-0.15, -0.1) is 11.3 Å². The Balaban J connectivity index is 2.21. The van der Waals surface area contributed by atoms with Crippen LogP contribution < -0.4 is 5.56 Å². The molecule has 0 aliphatic heterocycles. The van der Waals surface area contributed by atoms with E-state index in [1.54, 1.807) is 13.1 Å².